The third-order valence-corrected chi connectivity index (χ3v) is 3.05. The Morgan fingerprint density at radius 2 is 2.27 bits per heavy atom. The van der Waals surface area contributed by atoms with Crippen LogP contribution in [0.5, 0.6) is 0 Å². The highest BCUT2D eigenvalue weighted by Gasteiger charge is 2.09. The van der Waals surface area contributed by atoms with Gasteiger partial charge in [-0.25, -0.2) is 0 Å². The van der Waals surface area contributed by atoms with E-state index >= 15 is 0 Å². The predicted molar refractivity (Wildman–Crippen MR) is 66.3 cm³/mol. The van der Waals surface area contributed by atoms with Gasteiger partial charge in [-0.2, -0.15) is 0 Å². The molecule has 0 unspecified atom stereocenters. The minimum atomic E-state index is 0.716. The molecule has 2 rings (SSSR count). The summed E-state index contributed by atoms with van der Waals surface area (Å²) in [6.45, 7) is 3.82. The molecule has 0 spiro atoms. The zero-order valence-electron chi connectivity index (χ0n) is 8.31. The molecule has 0 aliphatic heterocycles. The SMILES string of the molecule is CCNCc1coc2c(Br)cc(Cl)cc12. The molecule has 80 valence electrons. The monoisotopic (exact) mass is 287 g/mol. The molecule has 0 bridgehead atoms. The first-order chi connectivity index (χ1) is 7.22. The van der Waals surface area contributed by atoms with E-state index in [-0.39, 0.29) is 0 Å². The summed E-state index contributed by atoms with van der Waals surface area (Å²) in [4.78, 5) is 0. The van der Waals surface area contributed by atoms with Crippen LogP contribution >= 0.6 is 27.5 Å². The lowest BCUT2D eigenvalue weighted by atomic mass is 10.2. The molecular weight excluding hydrogens is 277 g/mol. The van der Waals surface area contributed by atoms with Crippen molar-refractivity contribution in [2.75, 3.05) is 6.54 Å². The highest BCUT2D eigenvalue weighted by molar-refractivity contribution is 9.10. The molecule has 0 amide bonds. The second-order valence-electron chi connectivity index (χ2n) is 3.31. The second-order valence-corrected chi connectivity index (χ2v) is 4.60. The van der Waals surface area contributed by atoms with Crippen molar-refractivity contribution in [1.29, 1.82) is 0 Å². The summed E-state index contributed by atoms with van der Waals surface area (Å²) in [5.74, 6) is 0. The van der Waals surface area contributed by atoms with Crippen molar-refractivity contribution in [3.05, 3.63) is 33.5 Å². The first-order valence-corrected chi connectivity index (χ1v) is 5.95. The van der Waals surface area contributed by atoms with Crippen LogP contribution in [0, 0.1) is 0 Å². The fourth-order valence-corrected chi connectivity index (χ4v) is 2.41. The third kappa shape index (κ3) is 2.19. The Hall–Kier alpha value is -0.510. The van der Waals surface area contributed by atoms with Gasteiger partial charge in [-0.1, -0.05) is 18.5 Å². The summed E-state index contributed by atoms with van der Waals surface area (Å²) >= 11 is 9.43. The third-order valence-electron chi connectivity index (χ3n) is 2.24. The van der Waals surface area contributed by atoms with E-state index in [1.807, 2.05) is 12.1 Å². The second kappa shape index (κ2) is 4.56. The van der Waals surface area contributed by atoms with Gasteiger partial charge in [0.2, 0.25) is 0 Å². The topological polar surface area (TPSA) is 25.2 Å². The van der Waals surface area contributed by atoms with E-state index in [1.54, 1.807) is 6.26 Å². The van der Waals surface area contributed by atoms with Gasteiger partial charge in [0.1, 0.15) is 5.58 Å². The summed E-state index contributed by atoms with van der Waals surface area (Å²) in [5, 5.41) is 5.04. The van der Waals surface area contributed by atoms with E-state index < -0.39 is 0 Å². The van der Waals surface area contributed by atoms with Gasteiger partial charge in [0.05, 0.1) is 10.7 Å². The molecule has 0 radical (unpaired) electrons. The fourth-order valence-electron chi connectivity index (χ4n) is 1.51. The van der Waals surface area contributed by atoms with E-state index in [4.69, 9.17) is 16.0 Å². The number of furan rings is 1. The van der Waals surface area contributed by atoms with Crippen molar-refractivity contribution in [2.24, 2.45) is 0 Å². The molecule has 0 fully saturated rings. The summed E-state index contributed by atoms with van der Waals surface area (Å²) in [7, 11) is 0. The van der Waals surface area contributed by atoms with Crippen molar-refractivity contribution >= 4 is 38.5 Å². The molecular formula is C11H11BrClNO. The van der Waals surface area contributed by atoms with E-state index in [2.05, 4.69) is 28.2 Å². The molecule has 0 aliphatic rings. The van der Waals surface area contributed by atoms with Gasteiger partial charge in [-0.3, -0.25) is 0 Å². The van der Waals surface area contributed by atoms with Gasteiger partial charge in [-0.15, -0.1) is 0 Å². The highest BCUT2D eigenvalue weighted by atomic mass is 79.9. The van der Waals surface area contributed by atoms with E-state index in [1.165, 1.54) is 0 Å². The summed E-state index contributed by atoms with van der Waals surface area (Å²) < 4.78 is 6.38. The quantitative estimate of drug-likeness (QED) is 0.925. The van der Waals surface area contributed by atoms with Crippen LogP contribution in [0.25, 0.3) is 11.0 Å². The van der Waals surface area contributed by atoms with Gasteiger partial charge in [0.15, 0.2) is 0 Å². The number of benzene rings is 1. The van der Waals surface area contributed by atoms with Crippen molar-refractivity contribution in [1.82, 2.24) is 5.32 Å². The van der Waals surface area contributed by atoms with Gasteiger partial charge in [0.25, 0.3) is 0 Å². The van der Waals surface area contributed by atoms with Crippen LogP contribution in [0.1, 0.15) is 12.5 Å². The van der Waals surface area contributed by atoms with Crippen LogP contribution in [0.15, 0.2) is 27.3 Å². The standard InChI is InChI=1S/C11H11BrClNO/c1-2-14-5-7-6-15-11-9(7)3-8(13)4-10(11)12/h3-4,6,14H,2,5H2,1H3. The smallest absolute Gasteiger partial charge is 0.148 e. The normalized spacial score (nSPS) is 11.1. The maximum Gasteiger partial charge on any atom is 0.148 e. The average Bonchev–Trinajstić information content (AvgIpc) is 2.58. The first-order valence-electron chi connectivity index (χ1n) is 4.78. The summed E-state index contributed by atoms with van der Waals surface area (Å²) in [6.07, 6.45) is 1.77. The Labute approximate surface area is 102 Å². The molecule has 4 heteroatoms. The van der Waals surface area contributed by atoms with Crippen molar-refractivity contribution < 1.29 is 4.42 Å². The number of halogens is 2. The van der Waals surface area contributed by atoms with Gasteiger partial charge in [-0.05, 0) is 34.6 Å². The molecule has 1 aromatic carbocycles. The predicted octanol–water partition coefficient (Wildman–Crippen LogP) is 3.96. The highest BCUT2D eigenvalue weighted by Crippen LogP contribution is 2.31. The Morgan fingerprint density at radius 1 is 1.47 bits per heavy atom. The number of hydrogen-bond donors (Lipinski definition) is 1. The van der Waals surface area contributed by atoms with Crippen LogP contribution in [0.3, 0.4) is 0 Å². The molecule has 2 nitrogen and oxygen atoms in total. The molecule has 1 heterocycles. The number of fused-ring (bicyclic) bond motifs is 1. The molecule has 0 saturated heterocycles. The van der Waals surface area contributed by atoms with Gasteiger partial charge < -0.3 is 9.73 Å². The number of nitrogens with one attached hydrogen (secondary N) is 1. The van der Waals surface area contributed by atoms with Crippen molar-refractivity contribution in [3.63, 3.8) is 0 Å². The molecule has 0 atom stereocenters. The molecule has 0 saturated carbocycles. The Morgan fingerprint density at radius 3 is 3.00 bits per heavy atom. The molecule has 1 aromatic heterocycles. The fraction of sp³-hybridized carbons (Fsp3) is 0.273. The number of hydrogen-bond acceptors (Lipinski definition) is 2. The van der Waals surface area contributed by atoms with E-state index in [9.17, 15) is 0 Å². The van der Waals surface area contributed by atoms with E-state index in [0.29, 0.717) is 5.02 Å². The Balaban J connectivity index is 2.49. The van der Waals surface area contributed by atoms with Crippen LogP contribution in [0.4, 0.5) is 0 Å². The van der Waals surface area contributed by atoms with Gasteiger partial charge in [0, 0.05) is 22.5 Å². The van der Waals surface area contributed by atoms with Crippen LogP contribution in [-0.2, 0) is 6.54 Å². The van der Waals surface area contributed by atoms with Crippen molar-refractivity contribution in [2.45, 2.75) is 13.5 Å². The number of rotatable bonds is 3. The van der Waals surface area contributed by atoms with Crippen LogP contribution in [-0.4, -0.2) is 6.54 Å². The maximum absolute atomic E-state index is 5.99. The zero-order chi connectivity index (χ0) is 10.8. The van der Waals surface area contributed by atoms with Crippen LogP contribution < -0.4 is 5.32 Å². The zero-order valence-corrected chi connectivity index (χ0v) is 10.7. The lowest BCUT2D eigenvalue weighted by Gasteiger charge is -1.99. The Bertz CT molecular complexity index is 481. The van der Waals surface area contributed by atoms with Gasteiger partial charge >= 0.3 is 0 Å². The maximum atomic E-state index is 5.99. The lowest BCUT2D eigenvalue weighted by Crippen LogP contribution is -2.11. The molecule has 2 aromatic rings. The largest absolute Gasteiger partial charge is 0.463 e. The Kier molecular flexibility index (Phi) is 3.34. The van der Waals surface area contributed by atoms with E-state index in [0.717, 1.165) is 34.1 Å². The molecule has 15 heavy (non-hydrogen) atoms. The minimum absolute atomic E-state index is 0.716. The van der Waals surface area contributed by atoms with Crippen molar-refractivity contribution in [3.8, 4) is 0 Å². The molecule has 0 aliphatic carbocycles. The summed E-state index contributed by atoms with van der Waals surface area (Å²) in [6, 6.07) is 3.77. The summed E-state index contributed by atoms with van der Waals surface area (Å²) in [5.41, 5.74) is 1.99. The minimum Gasteiger partial charge on any atom is -0.463 e. The first kappa shape index (κ1) is 11.0. The lowest BCUT2D eigenvalue weighted by molar-refractivity contribution is 0.603. The van der Waals surface area contributed by atoms with Crippen LogP contribution in [0.2, 0.25) is 5.02 Å². The average molecular weight is 289 g/mol. The molecule has 1 N–H and O–H groups in total.